The molecule has 0 saturated heterocycles. The molecule has 105 heavy (non-hydrogen) atoms. The van der Waals surface area contributed by atoms with Gasteiger partial charge in [0.25, 0.3) is 34.7 Å². The van der Waals surface area contributed by atoms with E-state index in [4.69, 9.17) is 104 Å². The molecule has 0 aromatic rings. The van der Waals surface area contributed by atoms with E-state index in [0.717, 1.165) is 12.2 Å². The predicted octanol–water partition coefficient (Wildman–Crippen LogP) is 16.5. The van der Waals surface area contributed by atoms with E-state index in [1.807, 2.05) is 138 Å². The van der Waals surface area contributed by atoms with Gasteiger partial charge in [-0.3, -0.25) is 0 Å². The average molecular weight is 1510 g/mol. The highest BCUT2D eigenvalue weighted by Gasteiger charge is 3.08. The molecule has 0 aromatic heterocycles. The molecule has 24 heteroatoms. The Morgan fingerprint density at radius 1 is 0.210 bits per heavy atom. The van der Waals surface area contributed by atoms with Crippen molar-refractivity contribution in [1.82, 2.24) is 0 Å². The maximum absolute atomic E-state index is 16.5. The zero-order valence-electron chi connectivity index (χ0n) is 70.2. The zero-order valence-corrected chi connectivity index (χ0v) is 70.2. The summed E-state index contributed by atoms with van der Waals surface area (Å²) >= 11 is 0. The summed E-state index contributed by atoms with van der Waals surface area (Å²) in [6, 6.07) is 0. The molecule has 0 aromatic carbocycles. The molecule has 0 spiro atoms. The van der Waals surface area contributed by atoms with Crippen molar-refractivity contribution in [3.8, 4) is 0 Å². The van der Waals surface area contributed by atoms with Gasteiger partial charge in [0.1, 0.15) is 0 Å². The van der Waals surface area contributed by atoms with E-state index in [2.05, 4.69) is 13.2 Å². The highest BCUT2D eigenvalue weighted by Crippen LogP contribution is 2.80. The summed E-state index contributed by atoms with van der Waals surface area (Å²) in [7, 11) is 0. The van der Waals surface area contributed by atoms with Gasteiger partial charge >= 0.3 is 35.1 Å². The molecular formula is C81H152O24. The maximum atomic E-state index is 16.5. The Morgan fingerprint density at radius 2 is 0.324 bits per heavy atom. The summed E-state index contributed by atoms with van der Waals surface area (Å²) in [6.07, 6.45) is 7.69. The van der Waals surface area contributed by atoms with Gasteiger partial charge in [-0.25, -0.2) is 9.59 Å². The summed E-state index contributed by atoms with van der Waals surface area (Å²) in [5.41, 5.74) is -9.07. The third-order valence-electron chi connectivity index (χ3n) is 18.1. The minimum atomic E-state index is -3.26. The SMILES string of the molecule is C=CC(=O)OC1(OCCC)C(OCCC)(OCCC)C(OCCC)(OCCC)C(OCCC)(OCCC)C(OCCC)(OCCC)C1(OCCC)C(C)(C)C1(OCCC)C(OCCC)(OCCC)C(OCCC)(OCCC)C(OCCC)(OCCC)C(OCCC)(OCCC)C1(OCCC)OC(=O)C=C. The third-order valence-corrected chi connectivity index (χ3v) is 18.1. The van der Waals surface area contributed by atoms with Crippen LogP contribution >= 0.6 is 0 Å². The van der Waals surface area contributed by atoms with E-state index in [0.29, 0.717) is 51.4 Å². The van der Waals surface area contributed by atoms with Crippen LogP contribution in [-0.2, 0) is 114 Å². The molecule has 4 unspecified atom stereocenters. The van der Waals surface area contributed by atoms with Crippen molar-refractivity contribution in [2.75, 3.05) is 132 Å². The molecule has 0 heterocycles. The van der Waals surface area contributed by atoms with E-state index in [1.54, 1.807) is 13.8 Å². The molecule has 0 N–H and O–H groups in total. The molecule has 4 atom stereocenters. The molecule has 0 radical (unpaired) electrons. The summed E-state index contributed by atoms with van der Waals surface area (Å²) in [5, 5.41) is 0. The molecular weight excluding hydrogens is 1360 g/mol. The van der Waals surface area contributed by atoms with Crippen LogP contribution in [0.25, 0.3) is 0 Å². The second-order valence-electron chi connectivity index (χ2n) is 27.4. The molecule has 0 bridgehead atoms. The normalized spacial score (nSPS) is 23.3. The number of carbonyl (C=O) groups excluding carboxylic acids is 2. The summed E-state index contributed by atoms with van der Waals surface area (Å²) in [4.78, 5) is 33.0. The highest BCUT2D eigenvalue weighted by molar-refractivity contribution is 5.82. The van der Waals surface area contributed by atoms with E-state index < -0.39 is 86.4 Å². The van der Waals surface area contributed by atoms with Crippen molar-refractivity contribution >= 4 is 11.9 Å². The molecule has 2 aliphatic carbocycles. The van der Waals surface area contributed by atoms with Gasteiger partial charge in [0.2, 0.25) is 11.2 Å². The lowest BCUT2D eigenvalue weighted by Crippen LogP contribution is -3.06. The Bertz CT molecular complexity index is 2140. The molecule has 0 aliphatic heterocycles. The Hall–Kier alpha value is -2.38. The highest BCUT2D eigenvalue weighted by atomic mass is 16.9. The standard InChI is InChI=1S/C81H152O24/c1-25-47-84-70(72(86-49-27-3,87-50-28-4)76(92-55-33-9,93-56-34-10)80(100-63-41-17,101-64-42-18)78(96-59-37-13,97-60-38-14)74(70,90-53-31-7)104-67(82)45-21)69(23,24)71(85-48-26-2)73(88-51-29-5,89-52-30-6)77(94-57-35-11,95-58-36-12)81(102-65-43-19,103-66-44-20)79(98-61-39-15,99-62-40-16)75(71,91-54-32-8)105-68(83)46-22/h45-46H,21-22,25-44,47-66H2,1-20,23-24H3. The van der Waals surface area contributed by atoms with Crippen LogP contribution in [0.2, 0.25) is 0 Å². The molecule has 620 valence electrons. The maximum Gasteiger partial charge on any atom is 0.332 e. The molecule has 2 fully saturated rings. The van der Waals surface area contributed by atoms with Crippen molar-refractivity contribution in [1.29, 1.82) is 0 Å². The molecule has 2 saturated carbocycles. The van der Waals surface area contributed by atoms with Gasteiger partial charge < -0.3 is 104 Å². The first kappa shape index (κ1) is 98.7. The van der Waals surface area contributed by atoms with Crippen LogP contribution in [0.5, 0.6) is 0 Å². The largest absolute Gasteiger partial charge is 0.420 e. The second kappa shape index (κ2) is 48.5. The Morgan fingerprint density at radius 3 is 0.467 bits per heavy atom. The first-order valence-corrected chi connectivity index (χ1v) is 41.1. The first-order chi connectivity index (χ1) is 50.6. The Kier molecular flexibility index (Phi) is 45.6. The van der Waals surface area contributed by atoms with Gasteiger partial charge in [0.05, 0.1) is 119 Å². The van der Waals surface area contributed by atoms with Crippen LogP contribution in [-0.4, -0.2) is 213 Å². The lowest BCUT2D eigenvalue weighted by atomic mass is 9.43. The summed E-state index contributed by atoms with van der Waals surface area (Å²) in [5.74, 6) is -31.9. The van der Waals surface area contributed by atoms with Gasteiger partial charge in [0, 0.05) is 30.8 Å². The zero-order chi connectivity index (χ0) is 78.9. The number of hydrogen-bond acceptors (Lipinski definition) is 24. The molecule has 2 aliphatic rings. The van der Waals surface area contributed by atoms with E-state index in [-0.39, 0.29) is 209 Å². The lowest BCUT2D eigenvalue weighted by Gasteiger charge is -2.80. The fourth-order valence-corrected chi connectivity index (χ4v) is 14.7. The van der Waals surface area contributed by atoms with Gasteiger partial charge in [-0.05, 0) is 128 Å². The van der Waals surface area contributed by atoms with E-state index in [1.165, 1.54) is 0 Å². The minimum absolute atomic E-state index is 0.129. The second-order valence-corrected chi connectivity index (χ2v) is 27.4. The van der Waals surface area contributed by atoms with Gasteiger partial charge in [-0.1, -0.05) is 165 Å². The fraction of sp³-hybridized carbons (Fsp3) is 0.926. The van der Waals surface area contributed by atoms with Crippen LogP contribution in [0.4, 0.5) is 0 Å². The quantitative estimate of drug-likeness (QED) is 0.0312. The van der Waals surface area contributed by atoms with E-state index in [9.17, 15) is 0 Å². The van der Waals surface area contributed by atoms with Crippen LogP contribution < -0.4 is 0 Å². The predicted molar refractivity (Wildman–Crippen MR) is 404 cm³/mol. The average Bonchev–Trinajstić information content (AvgIpc) is 0.608. The monoisotopic (exact) mass is 1510 g/mol. The van der Waals surface area contributed by atoms with Crippen molar-refractivity contribution in [3.63, 3.8) is 0 Å². The molecule has 0 amide bonds. The van der Waals surface area contributed by atoms with Crippen LogP contribution in [0.15, 0.2) is 25.3 Å². The van der Waals surface area contributed by atoms with Crippen molar-refractivity contribution < 1.29 is 114 Å². The van der Waals surface area contributed by atoms with Crippen molar-refractivity contribution in [3.05, 3.63) is 25.3 Å². The molecule has 2 rings (SSSR count). The number of ether oxygens (including phenoxy) is 22. The number of carbonyl (C=O) groups is 2. The third kappa shape index (κ3) is 17.9. The Balaban J connectivity index is 5.24. The van der Waals surface area contributed by atoms with Crippen molar-refractivity contribution in [2.45, 2.75) is 350 Å². The van der Waals surface area contributed by atoms with Crippen LogP contribution in [0, 0.1) is 5.41 Å². The first-order valence-electron chi connectivity index (χ1n) is 41.1. The summed E-state index contributed by atoms with van der Waals surface area (Å²) < 4.78 is 178. The number of esters is 2. The summed E-state index contributed by atoms with van der Waals surface area (Å²) in [6.45, 7) is 46.6. The van der Waals surface area contributed by atoms with Crippen LogP contribution in [0.3, 0.4) is 0 Å². The van der Waals surface area contributed by atoms with Crippen molar-refractivity contribution in [2.24, 2.45) is 5.41 Å². The lowest BCUT2D eigenvalue weighted by molar-refractivity contribution is -0.673. The van der Waals surface area contributed by atoms with Gasteiger partial charge in [0.15, 0.2) is 0 Å². The topological polar surface area (TPSA) is 237 Å². The fourth-order valence-electron chi connectivity index (χ4n) is 14.7. The van der Waals surface area contributed by atoms with Crippen LogP contribution in [0.1, 0.15) is 281 Å². The van der Waals surface area contributed by atoms with E-state index >= 15 is 9.59 Å². The minimum Gasteiger partial charge on any atom is -0.420 e. The smallest absolute Gasteiger partial charge is 0.332 e. The number of hydrogen-bond donors (Lipinski definition) is 0. The Labute approximate surface area is 635 Å². The number of rotatable bonds is 66. The van der Waals surface area contributed by atoms with Gasteiger partial charge in [-0.15, -0.1) is 0 Å². The molecule has 24 nitrogen and oxygen atoms in total. The van der Waals surface area contributed by atoms with Gasteiger partial charge in [-0.2, -0.15) is 0 Å².